The molecular formula is C14H17N5O6. The van der Waals surface area contributed by atoms with Crippen molar-refractivity contribution in [2.45, 2.75) is 26.7 Å². The Hall–Kier alpha value is -3.37. The van der Waals surface area contributed by atoms with E-state index in [1.165, 1.54) is 0 Å². The van der Waals surface area contributed by atoms with Crippen LogP contribution in [0.5, 0.6) is 0 Å². The van der Waals surface area contributed by atoms with E-state index in [4.69, 9.17) is 0 Å². The number of nitro benzene ring substituents is 2. The molecule has 11 nitrogen and oxygen atoms in total. The smallest absolute Gasteiger partial charge is 0.279 e. The molecule has 0 aliphatic carbocycles. The summed E-state index contributed by atoms with van der Waals surface area (Å²) in [5.74, 6) is -0.892. The van der Waals surface area contributed by atoms with Crippen molar-refractivity contribution in [1.82, 2.24) is 10.7 Å². The molecule has 2 amide bonds. The van der Waals surface area contributed by atoms with Gasteiger partial charge in [-0.05, 0) is 19.9 Å². The highest BCUT2D eigenvalue weighted by Gasteiger charge is 2.21. The molecule has 1 aromatic carbocycles. The molecule has 0 aliphatic rings. The number of nitrogens with one attached hydrogen (secondary N) is 2. The Labute approximate surface area is 142 Å². The van der Waals surface area contributed by atoms with Gasteiger partial charge in [-0.1, -0.05) is 0 Å². The lowest BCUT2D eigenvalue weighted by Gasteiger charge is -2.04. The molecule has 0 unspecified atom stereocenters. The quantitative estimate of drug-likeness (QED) is 0.405. The molecule has 0 saturated heterocycles. The average molecular weight is 351 g/mol. The van der Waals surface area contributed by atoms with Crippen LogP contribution in [0.4, 0.5) is 11.4 Å². The summed E-state index contributed by atoms with van der Waals surface area (Å²) in [4.78, 5) is 43.3. The second-order valence-electron chi connectivity index (χ2n) is 5.02. The maximum absolute atomic E-state index is 11.8. The number of nitrogens with zero attached hydrogens (tertiary/aromatic N) is 3. The van der Waals surface area contributed by atoms with Gasteiger partial charge in [0.1, 0.15) is 0 Å². The highest BCUT2D eigenvalue weighted by molar-refractivity contribution is 6.00. The SMILES string of the molecule is CCNC(=O)C/C(C)=N/NC(=O)Cc1ccc([N+](=O)[O-])cc1[N+](=O)[O-]. The molecule has 2 N–H and O–H groups in total. The summed E-state index contributed by atoms with van der Waals surface area (Å²) in [6, 6.07) is 3.03. The Morgan fingerprint density at radius 2 is 1.84 bits per heavy atom. The van der Waals surface area contributed by atoms with Crippen LogP contribution in [-0.2, 0) is 16.0 Å². The summed E-state index contributed by atoms with van der Waals surface area (Å²) in [5.41, 5.74) is 1.61. The van der Waals surface area contributed by atoms with E-state index in [1.54, 1.807) is 13.8 Å². The largest absolute Gasteiger partial charge is 0.356 e. The summed E-state index contributed by atoms with van der Waals surface area (Å²) in [7, 11) is 0. The molecule has 0 fully saturated rings. The first kappa shape index (κ1) is 19.7. The average Bonchev–Trinajstić information content (AvgIpc) is 2.53. The van der Waals surface area contributed by atoms with Crippen molar-refractivity contribution in [2.75, 3.05) is 6.54 Å². The van der Waals surface area contributed by atoms with Crippen LogP contribution in [0.3, 0.4) is 0 Å². The van der Waals surface area contributed by atoms with Crippen molar-refractivity contribution in [2.24, 2.45) is 5.10 Å². The number of benzene rings is 1. The van der Waals surface area contributed by atoms with E-state index < -0.39 is 27.1 Å². The van der Waals surface area contributed by atoms with Crippen molar-refractivity contribution < 1.29 is 19.4 Å². The first-order valence-electron chi connectivity index (χ1n) is 7.25. The lowest BCUT2D eigenvalue weighted by atomic mass is 10.1. The molecule has 0 saturated carbocycles. The topological polar surface area (TPSA) is 157 Å². The van der Waals surface area contributed by atoms with E-state index in [2.05, 4.69) is 15.8 Å². The number of amides is 2. The molecule has 0 bridgehead atoms. The predicted molar refractivity (Wildman–Crippen MR) is 88.0 cm³/mol. The number of rotatable bonds is 8. The summed E-state index contributed by atoms with van der Waals surface area (Å²) >= 11 is 0. The van der Waals surface area contributed by atoms with Crippen LogP contribution in [0.1, 0.15) is 25.8 Å². The maximum atomic E-state index is 11.8. The van der Waals surface area contributed by atoms with Gasteiger partial charge < -0.3 is 5.32 Å². The van der Waals surface area contributed by atoms with Crippen molar-refractivity contribution in [3.63, 3.8) is 0 Å². The van der Waals surface area contributed by atoms with Gasteiger partial charge in [0, 0.05) is 23.9 Å². The van der Waals surface area contributed by atoms with Crippen LogP contribution in [0.25, 0.3) is 0 Å². The van der Waals surface area contributed by atoms with Crippen molar-refractivity contribution in [3.8, 4) is 0 Å². The Kier molecular flexibility index (Phi) is 7.13. The van der Waals surface area contributed by atoms with Crippen LogP contribution in [0, 0.1) is 20.2 Å². The Morgan fingerprint density at radius 3 is 2.40 bits per heavy atom. The monoisotopic (exact) mass is 351 g/mol. The molecular weight excluding hydrogens is 334 g/mol. The van der Waals surface area contributed by atoms with Crippen LogP contribution in [0.15, 0.2) is 23.3 Å². The first-order chi connectivity index (χ1) is 11.7. The molecule has 134 valence electrons. The fraction of sp³-hybridized carbons (Fsp3) is 0.357. The van der Waals surface area contributed by atoms with Crippen molar-refractivity contribution in [1.29, 1.82) is 0 Å². The van der Waals surface area contributed by atoms with Crippen molar-refractivity contribution >= 4 is 28.9 Å². The summed E-state index contributed by atoms with van der Waals surface area (Å²) in [6.07, 6.45) is -0.377. The number of hydrogen-bond acceptors (Lipinski definition) is 7. The summed E-state index contributed by atoms with van der Waals surface area (Å²) < 4.78 is 0. The van der Waals surface area contributed by atoms with Gasteiger partial charge in [0.2, 0.25) is 11.8 Å². The number of hydrogen-bond donors (Lipinski definition) is 2. The Balaban J connectivity index is 2.78. The molecule has 0 atom stereocenters. The first-order valence-corrected chi connectivity index (χ1v) is 7.25. The Bertz CT molecular complexity index is 730. The van der Waals surface area contributed by atoms with Gasteiger partial charge in [-0.25, -0.2) is 5.43 Å². The summed E-state index contributed by atoms with van der Waals surface area (Å²) in [6.45, 7) is 3.79. The minimum absolute atomic E-state index is 0.00575. The minimum Gasteiger partial charge on any atom is -0.356 e. The molecule has 25 heavy (non-hydrogen) atoms. The molecule has 0 spiro atoms. The van der Waals surface area contributed by atoms with Gasteiger partial charge in [-0.15, -0.1) is 0 Å². The Morgan fingerprint density at radius 1 is 1.16 bits per heavy atom. The van der Waals surface area contributed by atoms with E-state index in [1.807, 2.05) is 0 Å². The lowest BCUT2D eigenvalue weighted by molar-refractivity contribution is -0.394. The fourth-order valence-electron chi connectivity index (χ4n) is 1.89. The molecule has 1 rings (SSSR count). The van der Waals surface area contributed by atoms with Crippen LogP contribution >= 0.6 is 0 Å². The molecule has 0 heterocycles. The number of nitro groups is 2. The molecule has 0 aliphatic heterocycles. The zero-order valence-electron chi connectivity index (χ0n) is 13.6. The summed E-state index contributed by atoms with van der Waals surface area (Å²) in [5, 5.41) is 28.0. The lowest BCUT2D eigenvalue weighted by Crippen LogP contribution is -2.26. The standard InChI is InChI=1S/C14H17N5O6/c1-3-15-13(20)6-9(2)16-17-14(21)7-10-4-5-11(18(22)23)8-12(10)19(24)25/h4-5,8H,3,6-7H2,1-2H3,(H,15,20)(H,17,21)/b16-9+. The molecule has 0 aromatic heterocycles. The predicted octanol–water partition coefficient (Wildman–Crippen LogP) is 1.06. The van der Waals surface area contributed by atoms with E-state index in [0.717, 1.165) is 18.2 Å². The van der Waals surface area contributed by atoms with E-state index in [-0.39, 0.29) is 24.3 Å². The third kappa shape index (κ3) is 6.33. The zero-order chi connectivity index (χ0) is 19.0. The van der Waals surface area contributed by atoms with Crippen LogP contribution < -0.4 is 10.7 Å². The van der Waals surface area contributed by atoms with Gasteiger partial charge in [-0.2, -0.15) is 5.10 Å². The van der Waals surface area contributed by atoms with E-state index >= 15 is 0 Å². The van der Waals surface area contributed by atoms with Crippen LogP contribution in [0.2, 0.25) is 0 Å². The number of carbonyl (C=O) groups excluding carboxylic acids is 2. The van der Waals surface area contributed by atoms with Crippen molar-refractivity contribution in [3.05, 3.63) is 44.0 Å². The van der Waals surface area contributed by atoms with E-state index in [0.29, 0.717) is 12.3 Å². The molecule has 1 aromatic rings. The minimum atomic E-state index is -0.792. The van der Waals surface area contributed by atoms with Gasteiger partial charge in [-0.3, -0.25) is 29.8 Å². The highest BCUT2D eigenvalue weighted by Crippen LogP contribution is 2.24. The van der Waals surface area contributed by atoms with Gasteiger partial charge in [0.25, 0.3) is 11.4 Å². The fourth-order valence-corrected chi connectivity index (χ4v) is 1.89. The van der Waals surface area contributed by atoms with Crippen LogP contribution in [-0.4, -0.2) is 33.9 Å². The number of carbonyl (C=O) groups is 2. The maximum Gasteiger partial charge on any atom is 0.279 e. The zero-order valence-corrected chi connectivity index (χ0v) is 13.6. The number of hydrazone groups is 1. The third-order valence-corrected chi connectivity index (χ3v) is 2.99. The van der Waals surface area contributed by atoms with Gasteiger partial charge in [0.15, 0.2) is 0 Å². The third-order valence-electron chi connectivity index (χ3n) is 2.99. The highest BCUT2D eigenvalue weighted by atomic mass is 16.6. The van der Waals surface area contributed by atoms with Gasteiger partial charge >= 0.3 is 0 Å². The normalized spacial score (nSPS) is 10.9. The molecule has 11 heteroatoms. The second-order valence-corrected chi connectivity index (χ2v) is 5.02. The second kappa shape index (κ2) is 9.05. The van der Waals surface area contributed by atoms with Gasteiger partial charge in [0.05, 0.1) is 28.8 Å². The molecule has 0 radical (unpaired) electrons. The number of non-ortho nitro benzene ring substituents is 1. The van der Waals surface area contributed by atoms with E-state index in [9.17, 15) is 29.8 Å².